The van der Waals surface area contributed by atoms with Gasteiger partial charge < -0.3 is 10.1 Å². The van der Waals surface area contributed by atoms with Gasteiger partial charge >= 0.3 is 0 Å². The average Bonchev–Trinajstić information content (AvgIpc) is 2.99. The minimum absolute atomic E-state index is 0.139. The summed E-state index contributed by atoms with van der Waals surface area (Å²) in [6, 6.07) is 0. The minimum atomic E-state index is -1.27. The van der Waals surface area contributed by atoms with Crippen molar-refractivity contribution in [3.05, 3.63) is 11.6 Å². The van der Waals surface area contributed by atoms with Gasteiger partial charge in [-0.1, -0.05) is 18.9 Å². The Hall–Kier alpha value is -1.01. The van der Waals surface area contributed by atoms with Crippen molar-refractivity contribution in [1.29, 1.82) is 0 Å². The molecule has 2 aliphatic heterocycles. The fourth-order valence-corrected chi connectivity index (χ4v) is 5.83. The number of carbonyl (C=O) groups is 1. The van der Waals surface area contributed by atoms with Gasteiger partial charge in [0.1, 0.15) is 24.1 Å². The molecule has 0 bridgehead atoms. The molecule has 2 heterocycles. The molecule has 4 rings (SSSR count). The van der Waals surface area contributed by atoms with Gasteiger partial charge in [-0.3, -0.25) is 10.1 Å². The van der Waals surface area contributed by atoms with E-state index in [1.54, 1.807) is 6.92 Å². The van der Waals surface area contributed by atoms with E-state index >= 15 is 0 Å². The van der Waals surface area contributed by atoms with Crippen molar-refractivity contribution in [1.82, 2.24) is 10.6 Å². The smallest absolute Gasteiger partial charge is 0.225 e. The molecular formula is C21H32F2N2O2. The Kier molecular flexibility index (Phi) is 5.57. The summed E-state index contributed by atoms with van der Waals surface area (Å²) < 4.78 is 34.2. The van der Waals surface area contributed by atoms with E-state index in [2.05, 4.69) is 16.7 Å². The number of hydrogen-bond donors (Lipinski definition) is 2. The van der Waals surface area contributed by atoms with Gasteiger partial charge in [-0.2, -0.15) is 0 Å². The number of halogens is 2. The van der Waals surface area contributed by atoms with Gasteiger partial charge in [0.25, 0.3) is 0 Å². The minimum Gasteiger partial charge on any atom is -0.372 e. The van der Waals surface area contributed by atoms with Crippen LogP contribution in [0.5, 0.6) is 0 Å². The summed E-state index contributed by atoms with van der Waals surface area (Å²) in [4.78, 5) is 12.7. The van der Waals surface area contributed by atoms with Crippen molar-refractivity contribution in [2.75, 3.05) is 13.2 Å². The topological polar surface area (TPSA) is 50.4 Å². The fraction of sp³-hybridized carbons (Fsp3) is 0.857. The van der Waals surface area contributed by atoms with Crippen molar-refractivity contribution in [3.8, 4) is 0 Å². The maximum Gasteiger partial charge on any atom is 0.225 e. The molecule has 1 amide bonds. The van der Waals surface area contributed by atoms with Gasteiger partial charge in [0.2, 0.25) is 5.91 Å². The molecule has 0 aromatic rings. The standard InChI is InChI=1S/C21H32F2N2O2/c1-2-27-19-17(22)10-13(11-18(19)23)9-15-7-8-24-21(15)12-14-5-3-4-6-16(14)20(26)25-21/h9,13-14,16-19,24H,2-8,10-12H2,1H3,(H,25,26)/b15-9-/t13?,14-,16-,17-,18?,19?,21-/m0/s1. The lowest BCUT2D eigenvalue weighted by Gasteiger charge is -2.46. The van der Waals surface area contributed by atoms with E-state index in [1.165, 1.54) is 6.42 Å². The fourth-order valence-electron chi connectivity index (χ4n) is 5.83. The summed E-state index contributed by atoms with van der Waals surface area (Å²) in [5.74, 6) is 0.565. The zero-order chi connectivity index (χ0) is 19.0. The third kappa shape index (κ3) is 3.67. The predicted molar refractivity (Wildman–Crippen MR) is 99.6 cm³/mol. The molecule has 0 aromatic heterocycles. The third-order valence-corrected chi connectivity index (χ3v) is 7.08. The van der Waals surface area contributed by atoms with Crippen LogP contribution in [0.2, 0.25) is 0 Å². The first-order valence-electron chi connectivity index (χ1n) is 10.7. The molecule has 2 aliphatic carbocycles. The van der Waals surface area contributed by atoms with Crippen LogP contribution >= 0.6 is 0 Å². The SMILES string of the molecule is CCOC1C(F)CC(/C=C2/CCN[C@]23C[C@@H]2CCCC[C@@H]2C(=O)N3)C[C@@H]1F. The molecular weight excluding hydrogens is 350 g/mol. The number of carbonyl (C=O) groups excluding carboxylic acids is 1. The van der Waals surface area contributed by atoms with Crippen molar-refractivity contribution in [2.45, 2.75) is 82.4 Å². The van der Waals surface area contributed by atoms with Gasteiger partial charge in [0.05, 0.1) is 0 Å². The summed E-state index contributed by atoms with van der Waals surface area (Å²) in [5.41, 5.74) is 0.628. The molecule has 0 radical (unpaired) electrons. The van der Waals surface area contributed by atoms with Crippen LogP contribution in [0.25, 0.3) is 0 Å². The summed E-state index contributed by atoms with van der Waals surface area (Å²) in [6.07, 6.45) is 5.33. The molecule has 4 aliphatic rings. The van der Waals surface area contributed by atoms with Crippen LogP contribution in [0.1, 0.15) is 58.3 Å². The maximum atomic E-state index is 14.4. The van der Waals surface area contributed by atoms with Crippen LogP contribution in [0.15, 0.2) is 11.6 Å². The molecule has 0 aromatic carbocycles. The number of piperidine rings is 1. The molecule has 27 heavy (non-hydrogen) atoms. The average molecular weight is 382 g/mol. The number of hydrogen-bond acceptors (Lipinski definition) is 3. The Morgan fingerprint density at radius 1 is 1.22 bits per heavy atom. The summed E-state index contributed by atoms with van der Waals surface area (Å²) in [6.45, 7) is 2.90. The number of fused-ring (bicyclic) bond motifs is 1. The second kappa shape index (κ2) is 7.78. The Labute approximate surface area is 160 Å². The largest absolute Gasteiger partial charge is 0.372 e. The number of allylic oxidation sites excluding steroid dienone is 1. The third-order valence-electron chi connectivity index (χ3n) is 7.08. The van der Waals surface area contributed by atoms with E-state index in [4.69, 9.17) is 4.74 Å². The van der Waals surface area contributed by atoms with Crippen molar-refractivity contribution in [3.63, 3.8) is 0 Å². The Morgan fingerprint density at radius 3 is 2.70 bits per heavy atom. The molecule has 3 unspecified atom stereocenters. The van der Waals surface area contributed by atoms with Crippen LogP contribution in [-0.4, -0.2) is 43.2 Å². The van der Waals surface area contributed by atoms with Crippen LogP contribution in [-0.2, 0) is 9.53 Å². The lowest BCUT2D eigenvalue weighted by atomic mass is 9.70. The highest BCUT2D eigenvalue weighted by atomic mass is 19.1. The van der Waals surface area contributed by atoms with Crippen molar-refractivity contribution in [2.24, 2.45) is 17.8 Å². The highest BCUT2D eigenvalue weighted by molar-refractivity contribution is 5.81. The molecule has 7 atom stereocenters. The molecule has 2 N–H and O–H groups in total. The van der Waals surface area contributed by atoms with Crippen molar-refractivity contribution < 1.29 is 18.3 Å². The monoisotopic (exact) mass is 382 g/mol. The Morgan fingerprint density at radius 2 is 1.96 bits per heavy atom. The number of ether oxygens (including phenoxy) is 1. The molecule has 2 saturated carbocycles. The predicted octanol–water partition coefficient (Wildman–Crippen LogP) is 3.42. The first kappa shape index (κ1) is 19.3. The van der Waals surface area contributed by atoms with E-state index in [-0.39, 0.29) is 17.7 Å². The van der Waals surface area contributed by atoms with Crippen molar-refractivity contribution >= 4 is 5.91 Å². The maximum absolute atomic E-state index is 14.4. The quantitative estimate of drug-likeness (QED) is 0.736. The first-order chi connectivity index (χ1) is 13.0. The van der Waals surface area contributed by atoms with Crippen LogP contribution in [0, 0.1) is 17.8 Å². The summed E-state index contributed by atoms with van der Waals surface area (Å²) >= 11 is 0. The first-order valence-corrected chi connectivity index (χ1v) is 10.7. The highest BCUT2D eigenvalue weighted by Gasteiger charge is 2.49. The number of alkyl halides is 2. The lowest BCUT2D eigenvalue weighted by Crippen LogP contribution is -2.63. The summed E-state index contributed by atoms with van der Waals surface area (Å²) in [5, 5.41) is 6.77. The molecule has 4 nitrogen and oxygen atoms in total. The van der Waals surface area contributed by atoms with Crippen LogP contribution < -0.4 is 10.6 Å². The normalized spacial score (nSPS) is 46.5. The van der Waals surface area contributed by atoms with Gasteiger partial charge in [0.15, 0.2) is 0 Å². The highest BCUT2D eigenvalue weighted by Crippen LogP contribution is 2.44. The second-order valence-corrected chi connectivity index (χ2v) is 8.80. The molecule has 4 fully saturated rings. The second-order valence-electron chi connectivity index (χ2n) is 8.80. The van der Waals surface area contributed by atoms with Gasteiger partial charge in [0, 0.05) is 19.1 Å². The molecule has 6 heteroatoms. The van der Waals surface area contributed by atoms with Gasteiger partial charge in [-0.05, 0) is 62.9 Å². The zero-order valence-electron chi connectivity index (χ0n) is 16.2. The number of amides is 1. The molecule has 1 spiro atoms. The summed E-state index contributed by atoms with van der Waals surface area (Å²) in [7, 11) is 0. The van der Waals surface area contributed by atoms with E-state index < -0.39 is 24.1 Å². The van der Waals surface area contributed by atoms with E-state index in [9.17, 15) is 13.6 Å². The molecule has 2 saturated heterocycles. The number of nitrogens with one attached hydrogen (secondary N) is 2. The van der Waals surface area contributed by atoms with Crippen LogP contribution in [0.3, 0.4) is 0 Å². The Balaban J connectivity index is 1.50. The van der Waals surface area contributed by atoms with Crippen LogP contribution in [0.4, 0.5) is 8.78 Å². The number of rotatable bonds is 3. The van der Waals surface area contributed by atoms with Gasteiger partial charge in [-0.25, -0.2) is 8.78 Å². The van der Waals surface area contributed by atoms with E-state index in [0.29, 0.717) is 25.4 Å². The Bertz CT molecular complexity index is 587. The van der Waals surface area contributed by atoms with E-state index in [0.717, 1.165) is 44.2 Å². The lowest BCUT2D eigenvalue weighted by molar-refractivity contribution is -0.134. The zero-order valence-corrected chi connectivity index (χ0v) is 16.2. The van der Waals surface area contributed by atoms with Gasteiger partial charge in [-0.15, -0.1) is 0 Å². The van der Waals surface area contributed by atoms with E-state index in [1.807, 2.05) is 0 Å². The molecule has 152 valence electrons.